The van der Waals surface area contributed by atoms with Gasteiger partial charge < -0.3 is 20.1 Å². The topological polar surface area (TPSA) is 85.4 Å². The van der Waals surface area contributed by atoms with Crippen LogP contribution < -0.4 is 20.1 Å². The predicted molar refractivity (Wildman–Crippen MR) is 107 cm³/mol. The molecule has 0 saturated carbocycles. The first kappa shape index (κ1) is 19.2. The number of aryl methyl sites for hydroxylation is 1. The molecule has 1 heterocycles. The number of benzene rings is 2. The number of rotatable bonds is 8. The van der Waals surface area contributed by atoms with Crippen LogP contribution in [0.25, 0.3) is 0 Å². The third kappa shape index (κ3) is 5.44. The second kappa shape index (κ2) is 9.36. The van der Waals surface area contributed by atoms with Crippen molar-refractivity contribution >= 4 is 17.5 Å². The Kier molecular flexibility index (Phi) is 6.41. The molecular weight excluding hydrogens is 356 g/mol. The SMILES string of the molecule is COc1ccc(OCCNC(=O)c2ccnc(Nc3cccc(C)c3)n2)cc1. The van der Waals surface area contributed by atoms with Crippen LogP contribution in [0.3, 0.4) is 0 Å². The minimum Gasteiger partial charge on any atom is -0.497 e. The molecule has 3 aromatic rings. The molecule has 0 fully saturated rings. The first-order valence-corrected chi connectivity index (χ1v) is 8.86. The van der Waals surface area contributed by atoms with Gasteiger partial charge in [-0.25, -0.2) is 9.97 Å². The lowest BCUT2D eigenvalue weighted by Crippen LogP contribution is -2.29. The molecule has 144 valence electrons. The molecule has 7 heteroatoms. The molecule has 0 atom stereocenters. The van der Waals surface area contributed by atoms with Crippen molar-refractivity contribution in [2.45, 2.75) is 6.92 Å². The van der Waals surface area contributed by atoms with Crippen LogP contribution in [0.2, 0.25) is 0 Å². The highest BCUT2D eigenvalue weighted by atomic mass is 16.5. The minimum absolute atomic E-state index is 0.284. The van der Waals surface area contributed by atoms with E-state index in [9.17, 15) is 4.79 Å². The van der Waals surface area contributed by atoms with E-state index in [1.54, 1.807) is 19.4 Å². The second-order valence-electron chi connectivity index (χ2n) is 6.04. The van der Waals surface area contributed by atoms with E-state index >= 15 is 0 Å². The van der Waals surface area contributed by atoms with E-state index in [1.165, 1.54) is 0 Å². The number of nitrogens with zero attached hydrogens (tertiary/aromatic N) is 2. The van der Waals surface area contributed by atoms with E-state index in [-0.39, 0.29) is 11.6 Å². The Morgan fingerprint density at radius 2 is 1.86 bits per heavy atom. The quantitative estimate of drug-likeness (QED) is 0.585. The molecule has 0 aliphatic carbocycles. The molecular formula is C21H22N4O3. The molecule has 0 unspecified atom stereocenters. The lowest BCUT2D eigenvalue weighted by molar-refractivity contribution is 0.0942. The number of ether oxygens (including phenoxy) is 2. The second-order valence-corrected chi connectivity index (χ2v) is 6.04. The highest BCUT2D eigenvalue weighted by Crippen LogP contribution is 2.17. The van der Waals surface area contributed by atoms with Crippen LogP contribution in [0.15, 0.2) is 60.8 Å². The van der Waals surface area contributed by atoms with Crippen LogP contribution in [0.4, 0.5) is 11.6 Å². The van der Waals surface area contributed by atoms with Crippen molar-refractivity contribution in [2.24, 2.45) is 0 Å². The number of hydrogen-bond acceptors (Lipinski definition) is 6. The Hall–Kier alpha value is -3.61. The number of carbonyl (C=O) groups is 1. The maximum Gasteiger partial charge on any atom is 0.270 e. The van der Waals surface area contributed by atoms with Gasteiger partial charge in [-0.2, -0.15) is 0 Å². The van der Waals surface area contributed by atoms with Crippen LogP contribution in [0, 0.1) is 6.92 Å². The summed E-state index contributed by atoms with van der Waals surface area (Å²) in [7, 11) is 1.61. The number of amides is 1. The summed E-state index contributed by atoms with van der Waals surface area (Å²) >= 11 is 0. The van der Waals surface area contributed by atoms with Gasteiger partial charge in [-0.1, -0.05) is 12.1 Å². The third-order valence-corrected chi connectivity index (χ3v) is 3.88. The average Bonchev–Trinajstić information content (AvgIpc) is 2.72. The monoisotopic (exact) mass is 378 g/mol. The maximum atomic E-state index is 12.3. The Morgan fingerprint density at radius 1 is 1.07 bits per heavy atom. The number of anilines is 2. The molecule has 0 aliphatic heterocycles. The van der Waals surface area contributed by atoms with Crippen LogP contribution in [-0.4, -0.2) is 36.1 Å². The zero-order valence-electron chi connectivity index (χ0n) is 15.8. The van der Waals surface area contributed by atoms with Crippen molar-refractivity contribution in [1.82, 2.24) is 15.3 Å². The van der Waals surface area contributed by atoms with Crippen molar-refractivity contribution in [1.29, 1.82) is 0 Å². The van der Waals surface area contributed by atoms with Crippen LogP contribution in [0.1, 0.15) is 16.1 Å². The van der Waals surface area contributed by atoms with Gasteiger partial charge in [0.2, 0.25) is 5.95 Å². The highest BCUT2D eigenvalue weighted by Gasteiger charge is 2.09. The number of methoxy groups -OCH3 is 1. The third-order valence-electron chi connectivity index (χ3n) is 3.88. The summed E-state index contributed by atoms with van der Waals surface area (Å²) in [5.41, 5.74) is 2.27. The predicted octanol–water partition coefficient (Wildman–Crippen LogP) is 3.35. The highest BCUT2D eigenvalue weighted by molar-refractivity contribution is 5.92. The van der Waals surface area contributed by atoms with Gasteiger partial charge in [-0.15, -0.1) is 0 Å². The zero-order chi connectivity index (χ0) is 19.8. The number of nitrogens with one attached hydrogen (secondary N) is 2. The minimum atomic E-state index is -0.284. The van der Waals surface area contributed by atoms with Crippen molar-refractivity contribution in [3.8, 4) is 11.5 Å². The average molecular weight is 378 g/mol. The first-order chi connectivity index (χ1) is 13.6. The maximum absolute atomic E-state index is 12.3. The fourth-order valence-electron chi connectivity index (χ4n) is 2.49. The van der Waals surface area contributed by atoms with Gasteiger partial charge in [0.1, 0.15) is 23.8 Å². The number of carbonyl (C=O) groups excluding carboxylic acids is 1. The van der Waals surface area contributed by atoms with E-state index in [2.05, 4.69) is 20.6 Å². The van der Waals surface area contributed by atoms with Gasteiger partial charge in [-0.05, 0) is 55.0 Å². The summed E-state index contributed by atoms with van der Waals surface area (Å²) in [5.74, 6) is 1.56. The normalized spacial score (nSPS) is 10.2. The van der Waals surface area contributed by atoms with Gasteiger partial charge in [0, 0.05) is 11.9 Å². The summed E-state index contributed by atoms with van der Waals surface area (Å²) in [6.07, 6.45) is 1.55. The van der Waals surface area contributed by atoms with Gasteiger partial charge in [0.15, 0.2) is 0 Å². The molecule has 0 saturated heterocycles. The smallest absolute Gasteiger partial charge is 0.270 e. The van der Waals surface area contributed by atoms with Gasteiger partial charge >= 0.3 is 0 Å². The largest absolute Gasteiger partial charge is 0.497 e. The summed E-state index contributed by atoms with van der Waals surface area (Å²) in [6, 6.07) is 16.7. The molecule has 1 amide bonds. The fraction of sp³-hybridized carbons (Fsp3) is 0.190. The Balaban J connectivity index is 1.50. The molecule has 0 spiro atoms. The first-order valence-electron chi connectivity index (χ1n) is 8.86. The molecule has 0 aliphatic rings. The Bertz CT molecular complexity index is 929. The van der Waals surface area contributed by atoms with Gasteiger partial charge in [0.05, 0.1) is 13.7 Å². The van der Waals surface area contributed by atoms with E-state index in [4.69, 9.17) is 9.47 Å². The number of aromatic nitrogens is 2. The summed E-state index contributed by atoms with van der Waals surface area (Å²) in [4.78, 5) is 20.7. The molecule has 0 bridgehead atoms. The van der Waals surface area contributed by atoms with Crippen LogP contribution >= 0.6 is 0 Å². The fourth-order valence-corrected chi connectivity index (χ4v) is 2.49. The van der Waals surface area contributed by atoms with Crippen LogP contribution in [0.5, 0.6) is 11.5 Å². The summed E-state index contributed by atoms with van der Waals surface area (Å²) in [6.45, 7) is 2.71. The zero-order valence-corrected chi connectivity index (χ0v) is 15.8. The van der Waals surface area contributed by atoms with Crippen molar-refractivity contribution in [2.75, 3.05) is 25.6 Å². The van der Waals surface area contributed by atoms with E-state index < -0.39 is 0 Å². The van der Waals surface area contributed by atoms with Crippen molar-refractivity contribution in [3.63, 3.8) is 0 Å². The molecule has 2 N–H and O–H groups in total. The summed E-state index contributed by atoms with van der Waals surface area (Å²) < 4.78 is 10.7. The van der Waals surface area contributed by atoms with E-state index in [0.29, 0.717) is 24.8 Å². The molecule has 2 aromatic carbocycles. The Labute approximate surface area is 163 Å². The lowest BCUT2D eigenvalue weighted by Gasteiger charge is -2.09. The number of hydrogen-bond donors (Lipinski definition) is 2. The molecule has 3 rings (SSSR count). The van der Waals surface area contributed by atoms with Crippen molar-refractivity contribution in [3.05, 3.63) is 72.1 Å². The van der Waals surface area contributed by atoms with Gasteiger partial charge in [-0.3, -0.25) is 4.79 Å². The van der Waals surface area contributed by atoms with E-state index in [1.807, 2.05) is 55.5 Å². The molecule has 0 radical (unpaired) electrons. The molecule has 1 aromatic heterocycles. The molecule has 28 heavy (non-hydrogen) atoms. The van der Waals surface area contributed by atoms with Crippen LogP contribution in [-0.2, 0) is 0 Å². The standard InChI is InChI=1S/C21H22N4O3/c1-15-4-3-5-16(14-15)24-21-23-11-10-19(25-21)20(26)22-12-13-28-18-8-6-17(27-2)7-9-18/h3-11,14H,12-13H2,1-2H3,(H,22,26)(H,23,24,25). The van der Waals surface area contributed by atoms with E-state index in [0.717, 1.165) is 17.0 Å². The summed E-state index contributed by atoms with van der Waals surface area (Å²) in [5, 5.41) is 5.89. The lowest BCUT2D eigenvalue weighted by atomic mass is 10.2. The van der Waals surface area contributed by atoms with Crippen molar-refractivity contribution < 1.29 is 14.3 Å². The molecule has 7 nitrogen and oxygen atoms in total. The van der Waals surface area contributed by atoms with Gasteiger partial charge in [0.25, 0.3) is 5.91 Å². The Morgan fingerprint density at radius 3 is 2.61 bits per heavy atom.